The average molecular weight is 475 g/mol. The Balaban J connectivity index is 1.03. The lowest BCUT2D eigenvalue weighted by molar-refractivity contribution is 0.0911. The summed E-state index contributed by atoms with van der Waals surface area (Å²) in [6.07, 6.45) is 5.63. The van der Waals surface area contributed by atoms with Crippen molar-refractivity contribution >= 4 is 22.6 Å². The number of hydrogen-bond donors (Lipinski definition) is 2. The molecule has 182 valence electrons. The fourth-order valence-electron chi connectivity index (χ4n) is 5.31. The van der Waals surface area contributed by atoms with Crippen LogP contribution in [0.15, 0.2) is 41.5 Å². The van der Waals surface area contributed by atoms with E-state index in [9.17, 15) is 9.59 Å². The zero-order valence-corrected chi connectivity index (χ0v) is 19.9. The minimum absolute atomic E-state index is 0.0335. The lowest BCUT2D eigenvalue weighted by atomic mass is 10.1. The maximum atomic E-state index is 12.5. The summed E-state index contributed by atoms with van der Waals surface area (Å²) in [5, 5.41) is 3.05. The fraction of sp³-hybridized carbons (Fsp3) is 0.462. The third-order valence-corrected chi connectivity index (χ3v) is 7.49. The first-order valence-corrected chi connectivity index (χ1v) is 12.5. The van der Waals surface area contributed by atoms with Crippen molar-refractivity contribution in [2.75, 3.05) is 37.7 Å². The number of nitrogens with one attached hydrogen (secondary N) is 2. The molecular weight excluding hydrogens is 444 g/mol. The number of amides is 1. The Morgan fingerprint density at radius 3 is 2.74 bits per heavy atom. The van der Waals surface area contributed by atoms with E-state index >= 15 is 0 Å². The zero-order valence-electron chi connectivity index (χ0n) is 19.9. The third kappa shape index (κ3) is 4.41. The Morgan fingerprint density at radius 2 is 2.03 bits per heavy atom. The second-order valence-corrected chi connectivity index (χ2v) is 9.71. The lowest BCUT2D eigenvalue weighted by Crippen LogP contribution is -2.46. The molecule has 0 aromatic carbocycles. The fourth-order valence-corrected chi connectivity index (χ4v) is 5.31. The number of piperazine rings is 1. The van der Waals surface area contributed by atoms with Crippen LogP contribution in [0.25, 0.3) is 11.0 Å². The van der Waals surface area contributed by atoms with Gasteiger partial charge in [0.15, 0.2) is 0 Å². The van der Waals surface area contributed by atoms with E-state index in [0.29, 0.717) is 18.0 Å². The van der Waals surface area contributed by atoms with Crippen LogP contribution in [-0.2, 0) is 17.7 Å². The van der Waals surface area contributed by atoms with Crippen molar-refractivity contribution in [3.63, 3.8) is 0 Å². The van der Waals surface area contributed by atoms with Crippen molar-refractivity contribution in [2.24, 2.45) is 5.92 Å². The zero-order chi connectivity index (χ0) is 23.9. The molecule has 35 heavy (non-hydrogen) atoms. The van der Waals surface area contributed by atoms with Gasteiger partial charge in [0.1, 0.15) is 5.69 Å². The smallest absolute Gasteiger partial charge is 0.270 e. The minimum Gasteiger partial charge on any atom is -0.376 e. The van der Waals surface area contributed by atoms with Crippen molar-refractivity contribution in [3.8, 4) is 0 Å². The van der Waals surface area contributed by atoms with Crippen LogP contribution in [0.4, 0.5) is 5.69 Å². The second kappa shape index (κ2) is 9.05. The van der Waals surface area contributed by atoms with Crippen molar-refractivity contribution in [3.05, 3.63) is 63.8 Å². The van der Waals surface area contributed by atoms with Gasteiger partial charge in [-0.05, 0) is 42.7 Å². The highest BCUT2D eigenvalue weighted by atomic mass is 16.5. The van der Waals surface area contributed by atoms with Gasteiger partial charge in [0, 0.05) is 57.0 Å². The SMILES string of the molecule is CCc1cc2ncc(CN3CCN(c4ccc(C(=O)NC5C6CCOC65)nc4)CC3)cc2[nH]c1=O. The molecule has 2 N–H and O–H groups in total. The number of pyridine rings is 3. The van der Waals surface area contributed by atoms with Crippen LogP contribution < -0.4 is 15.8 Å². The van der Waals surface area contributed by atoms with E-state index < -0.39 is 0 Å². The molecule has 1 aliphatic carbocycles. The predicted octanol–water partition coefficient (Wildman–Crippen LogP) is 1.72. The Kier molecular flexibility index (Phi) is 5.74. The van der Waals surface area contributed by atoms with Gasteiger partial charge in [-0.3, -0.25) is 19.5 Å². The van der Waals surface area contributed by atoms with Gasteiger partial charge in [-0.25, -0.2) is 4.98 Å². The van der Waals surface area contributed by atoms with Crippen molar-refractivity contribution < 1.29 is 9.53 Å². The second-order valence-electron chi connectivity index (χ2n) is 9.71. The first-order valence-electron chi connectivity index (χ1n) is 12.5. The number of rotatable bonds is 6. The van der Waals surface area contributed by atoms with E-state index in [-0.39, 0.29) is 23.6 Å². The highest BCUT2D eigenvalue weighted by Gasteiger charge is 2.55. The number of anilines is 1. The quantitative estimate of drug-likeness (QED) is 0.561. The number of hydrogen-bond acceptors (Lipinski definition) is 7. The predicted molar refractivity (Wildman–Crippen MR) is 133 cm³/mol. The van der Waals surface area contributed by atoms with E-state index in [4.69, 9.17) is 4.74 Å². The standard InChI is InChI=1S/C26H30N6O3/c1-2-17-12-21-22(29-25(17)33)11-16(13-27-21)15-31-6-8-32(9-7-31)18-3-4-20(28-14-18)26(34)30-23-19-5-10-35-24(19)23/h3-4,11-14,19,23-24H,2,5-10,15H2,1H3,(H,29,33)(H,30,34). The van der Waals surface area contributed by atoms with Gasteiger partial charge in [-0.15, -0.1) is 0 Å². The molecular formula is C26H30N6O3. The summed E-state index contributed by atoms with van der Waals surface area (Å²) in [4.78, 5) is 41.3. The highest BCUT2D eigenvalue weighted by Crippen LogP contribution is 2.42. The van der Waals surface area contributed by atoms with E-state index in [1.807, 2.05) is 37.4 Å². The Bertz CT molecular complexity index is 1290. The summed E-state index contributed by atoms with van der Waals surface area (Å²) in [7, 11) is 0. The van der Waals surface area contributed by atoms with Gasteiger partial charge in [0.05, 0.1) is 35.1 Å². The number of carbonyl (C=O) groups is 1. The number of H-pyrrole nitrogens is 1. The Hall–Kier alpha value is -3.30. The van der Waals surface area contributed by atoms with Crippen molar-refractivity contribution in [2.45, 2.75) is 38.5 Å². The molecule has 1 saturated carbocycles. The molecule has 9 nitrogen and oxygen atoms in total. The maximum absolute atomic E-state index is 12.5. The normalized spacial score (nSPS) is 23.9. The largest absolute Gasteiger partial charge is 0.376 e. The molecule has 3 aromatic rings. The van der Waals surface area contributed by atoms with Crippen LogP contribution in [0, 0.1) is 5.92 Å². The molecule has 9 heteroatoms. The number of carbonyl (C=O) groups excluding carboxylic acids is 1. The van der Waals surface area contributed by atoms with Gasteiger partial charge in [0.25, 0.3) is 11.5 Å². The number of aryl methyl sites for hydroxylation is 1. The summed E-state index contributed by atoms with van der Waals surface area (Å²) >= 11 is 0. The number of ether oxygens (including phenoxy) is 1. The molecule has 0 bridgehead atoms. The molecule has 5 heterocycles. The minimum atomic E-state index is -0.124. The van der Waals surface area contributed by atoms with Gasteiger partial charge < -0.3 is 19.9 Å². The summed E-state index contributed by atoms with van der Waals surface area (Å²) in [5.74, 6) is 0.358. The van der Waals surface area contributed by atoms with Crippen LogP contribution in [0.3, 0.4) is 0 Å². The van der Waals surface area contributed by atoms with Crippen LogP contribution in [0.5, 0.6) is 0 Å². The molecule has 6 rings (SSSR count). The van der Waals surface area contributed by atoms with Crippen LogP contribution in [0.1, 0.15) is 35.0 Å². The molecule has 3 fully saturated rings. The van der Waals surface area contributed by atoms with Crippen molar-refractivity contribution in [1.29, 1.82) is 0 Å². The molecule has 0 spiro atoms. The molecule has 3 atom stereocenters. The van der Waals surface area contributed by atoms with Crippen LogP contribution >= 0.6 is 0 Å². The molecule has 2 aliphatic heterocycles. The highest BCUT2D eigenvalue weighted by molar-refractivity contribution is 5.93. The number of nitrogens with zero attached hydrogens (tertiary/aromatic N) is 4. The first-order chi connectivity index (χ1) is 17.1. The summed E-state index contributed by atoms with van der Waals surface area (Å²) in [6.45, 7) is 7.16. The number of aromatic amines is 1. The van der Waals surface area contributed by atoms with Crippen LogP contribution in [-0.4, -0.2) is 70.7 Å². The average Bonchev–Trinajstić information content (AvgIpc) is 3.28. The lowest BCUT2D eigenvalue weighted by Gasteiger charge is -2.36. The first kappa shape index (κ1) is 22.2. The molecule has 3 unspecified atom stereocenters. The molecule has 1 amide bonds. The number of aromatic nitrogens is 3. The molecule has 3 aromatic heterocycles. The molecule has 3 aliphatic rings. The van der Waals surface area contributed by atoms with Gasteiger partial charge >= 0.3 is 0 Å². The third-order valence-electron chi connectivity index (χ3n) is 7.49. The van der Waals surface area contributed by atoms with E-state index in [1.54, 1.807) is 6.20 Å². The summed E-state index contributed by atoms with van der Waals surface area (Å²) in [6, 6.07) is 7.85. The Morgan fingerprint density at radius 1 is 1.17 bits per heavy atom. The molecule has 2 saturated heterocycles. The summed E-state index contributed by atoms with van der Waals surface area (Å²) in [5.41, 5.74) is 4.91. The van der Waals surface area contributed by atoms with E-state index in [0.717, 1.165) is 73.6 Å². The maximum Gasteiger partial charge on any atom is 0.270 e. The monoisotopic (exact) mass is 474 g/mol. The van der Waals surface area contributed by atoms with Gasteiger partial charge in [-0.2, -0.15) is 0 Å². The molecule has 0 radical (unpaired) electrons. The topological polar surface area (TPSA) is 103 Å². The summed E-state index contributed by atoms with van der Waals surface area (Å²) < 4.78 is 5.59. The van der Waals surface area contributed by atoms with Crippen LogP contribution in [0.2, 0.25) is 0 Å². The van der Waals surface area contributed by atoms with E-state index in [1.165, 1.54) is 0 Å². The Labute approximate surface area is 203 Å². The van der Waals surface area contributed by atoms with E-state index in [2.05, 4.69) is 30.1 Å². The van der Waals surface area contributed by atoms with Gasteiger partial charge in [0.2, 0.25) is 0 Å². The number of fused-ring (bicyclic) bond motifs is 2. The van der Waals surface area contributed by atoms with Crippen molar-refractivity contribution in [1.82, 2.24) is 25.2 Å². The van der Waals surface area contributed by atoms with Gasteiger partial charge in [-0.1, -0.05) is 6.92 Å².